The SMILES string of the molecule is CCn1c(CC2CCN(c3nnnn3-c3ccccc3)CC2)nn(C)c1=O. The molecule has 0 spiro atoms. The molecule has 9 nitrogen and oxygen atoms in total. The van der Waals surface area contributed by atoms with Crippen molar-refractivity contribution in [3.05, 3.63) is 46.6 Å². The van der Waals surface area contributed by atoms with Crippen molar-refractivity contribution in [2.75, 3.05) is 18.0 Å². The third-order valence-corrected chi connectivity index (χ3v) is 5.22. The summed E-state index contributed by atoms with van der Waals surface area (Å²) in [6, 6.07) is 9.93. The number of para-hydroxylation sites is 1. The van der Waals surface area contributed by atoms with Crippen LogP contribution in [0.4, 0.5) is 5.95 Å². The van der Waals surface area contributed by atoms with Crippen LogP contribution in [0.25, 0.3) is 5.69 Å². The van der Waals surface area contributed by atoms with Gasteiger partial charge in [0.1, 0.15) is 5.82 Å². The summed E-state index contributed by atoms with van der Waals surface area (Å²) >= 11 is 0. The van der Waals surface area contributed by atoms with Crippen LogP contribution >= 0.6 is 0 Å². The molecule has 0 saturated carbocycles. The number of piperidine rings is 1. The molecule has 0 atom stereocenters. The van der Waals surface area contributed by atoms with Gasteiger partial charge in [-0.25, -0.2) is 9.48 Å². The van der Waals surface area contributed by atoms with Crippen LogP contribution in [0.1, 0.15) is 25.6 Å². The Labute approximate surface area is 157 Å². The Kier molecular flexibility index (Phi) is 4.74. The molecule has 1 saturated heterocycles. The molecule has 1 aliphatic heterocycles. The quantitative estimate of drug-likeness (QED) is 0.669. The van der Waals surface area contributed by atoms with Gasteiger partial charge in [-0.3, -0.25) is 4.57 Å². The van der Waals surface area contributed by atoms with Gasteiger partial charge in [0.2, 0.25) is 5.95 Å². The second kappa shape index (κ2) is 7.34. The second-order valence-corrected chi connectivity index (χ2v) is 6.93. The molecular weight excluding hydrogens is 344 g/mol. The molecule has 0 bridgehead atoms. The fraction of sp³-hybridized carbons (Fsp3) is 0.500. The highest BCUT2D eigenvalue weighted by atomic mass is 16.2. The van der Waals surface area contributed by atoms with Crippen molar-refractivity contribution < 1.29 is 0 Å². The number of nitrogens with zero attached hydrogens (tertiary/aromatic N) is 8. The molecule has 1 aliphatic rings. The van der Waals surface area contributed by atoms with E-state index in [-0.39, 0.29) is 5.69 Å². The summed E-state index contributed by atoms with van der Waals surface area (Å²) in [6.07, 6.45) is 2.88. The predicted octanol–water partition coefficient (Wildman–Crippen LogP) is 1.04. The molecule has 1 aromatic carbocycles. The molecule has 0 radical (unpaired) electrons. The molecule has 27 heavy (non-hydrogen) atoms. The molecule has 0 aliphatic carbocycles. The van der Waals surface area contributed by atoms with Crippen LogP contribution < -0.4 is 10.6 Å². The van der Waals surface area contributed by atoms with E-state index < -0.39 is 0 Å². The zero-order valence-electron chi connectivity index (χ0n) is 15.7. The van der Waals surface area contributed by atoms with Gasteiger partial charge < -0.3 is 4.90 Å². The van der Waals surface area contributed by atoms with Crippen molar-refractivity contribution in [3.8, 4) is 5.69 Å². The first kappa shape index (κ1) is 17.4. The number of aryl methyl sites for hydroxylation is 1. The van der Waals surface area contributed by atoms with E-state index in [9.17, 15) is 4.79 Å². The van der Waals surface area contributed by atoms with Crippen molar-refractivity contribution in [2.24, 2.45) is 13.0 Å². The van der Waals surface area contributed by atoms with Gasteiger partial charge in [-0.1, -0.05) is 23.3 Å². The number of aromatic nitrogens is 7. The molecule has 1 fully saturated rings. The number of benzene rings is 1. The zero-order valence-corrected chi connectivity index (χ0v) is 15.7. The van der Waals surface area contributed by atoms with Gasteiger partial charge in [-0.15, -0.1) is 0 Å². The van der Waals surface area contributed by atoms with E-state index in [1.165, 1.54) is 4.68 Å². The van der Waals surface area contributed by atoms with Gasteiger partial charge in [0.05, 0.1) is 5.69 Å². The fourth-order valence-corrected chi connectivity index (χ4v) is 3.73. The largest absolute Gasteiger partial charge is 0.345 e. The summed E-state index contributed by atoms with van der Waals surface area (Å²) in [5.74, 6) is 2.18. The van der Waals surface area contributed by atoms with E-state index in [1.54, 1.807) is 16.3 Å². The van der Waals surface area contributed by atoms with Crippen molar-refractivity contribution in [1.29, 1.82) is 0 Å². The maximum atomic E-state index is 12.1. The normalized spacial score (nSPS) is 15.4. The summed E-state index contributed by atoms with van der Waals surface area (Å²) in [7, 11) is 1.71. The van der Waals surface area contributed by atoms with Gasteiger partial charge in [0.25, 0.3) is 0 Å². The molecular formula is C18H24N8O. The van der Waals surface area contributed by atoms with Crippen LogP contribution in [0, 0.1) is 5.92 Å². The van der Waals surface area contributed by atoms with Gasteiger partial charge in [0.15, 0.2) is 0 Å². The van der Waals surface area contributed by atoms with E-state index in [2.05, 4.69) is 25.5 Å². The van der Waals surface area contributed by atoms with E-state index in [4.69, 9.17) is 0 Å². The van der Waals surface area contributed by atoms with E-state index in [0.717, 1.165) is 49.8 Å². The first-order valence-electron chi connectivity index (χ1n) is 9.38. The molecule has 0 N–H and O–H groups in total. The molecule has 2 aromatic heterocycles. The van der Waals surface area contributed by atoms with Crippen LogP contribution in [0.3, 0.4) is 0 Å². The Morgan fingerprint density at radius 2 is 1.89 bits per heavy atom. The Morgan fingerprint density at radius 3 is 2.59 bits per heavy atom. The summed E-state index contributed by atoms with van der Waals surface area (Å²) in [5.41, 5.74) is 0.923. The standard InChI is InChI=1S/C18H24N8O/c1-3-25-16(20-23(2)18(25)27)13-14-9-11-24(12-10-14)17-19-21-22-26(17)15-7-5-4-6-8-15/h4-8,14H,3,9-13H2,1-2H3. The molecule has 4 rings (SSSR count). The summed E-state index contributed by atoms with van der Waals surface area (Å²) in [5, 5.41) is 16.7. The molecule has 3 aromatic rings. The number of tetrazole rings is 1. The minimum Gasteiger partial charge on any atom is -0.339 e. The fourth-order valence-electron chi connectivity index (χ4n) is 3.73. The minimum atomic E-state index is -0.0352. The number of hydrogen-bond acceptors (Lipinski definition) is 6. The van der Waals surface area contributed by atoms with Crippen molar-refractivity contribution >= 4 is 5.95 Å². The predicted molar refractivity (Wildman–Crippen MR) is 101 cm³/mol. The maximum Gasteiger partial charge on any atom is 0.345 e. The highest BCUT2D eigenvalue weighted by molar-refractivity contribution is 5.40. The molecule has 9 heteroatoms. The number of anilines is 1. The topological polar surface area (TPSA) is 86.7 Å². The summed E-state index contributed by atoms with van der Waals surface area (Å²) in [4.78, 5) is 14.3. The lowest BCUT2D eigenvalue weighted by Crippen LogP contribution is -2.36. The Balaban J connectivity index is 1.44. The second-order valence-electron chi connectivity index (χ2n) is 6.93. The van der Waals surface area contributed by atoms with Crippen molar-refractivity contribution in [2.45, 2.75) is 32.7 Å². The highest BCUT2D eigenvalue weighted by Crippen LogP contribution is 2.25. The van der Waals surface area contributed by atoms with E-state index >= 15 is 0 Å². The third kappa shape index (κ3) is 3.36. The van der Waals surface area contributed by atoms with Crippen LogP contribution in [0.2, 0.25) is 0 Å². The average Bonchev–Trinajstić information content (AvgIpc) is 3.28. The Morgan fingerprint density at radius 1 is 1.15 bits per heavy atom. The lowest BCUT2D eigenvalue weighted by Gasteiger charge is -2.31. The Bertz CT molecular complexity index is 949. The van der Waals surface area contributed by atoms with Gasteiger partial charge in [-0.2, -0.15) is 9.78 Å². The van der Waals surface area contributed by atoms with Crippen LogP contribution in [0.5, 0.6) is 0 Å². The van der Waals surface area contributed by atoms with E-state index in [0.29, 0.717) is 12.5 Å². The maximum absolute atomic E-state index is 12.1. The lowest BCUT2D eigenvalue weighted by molar-refractivity contribution is 0.387. The third-order valence-electron chi connectivity index (χ3n) is 5.22. The molecule has 142 valence electrons. The van der Waals surface area contributed by atoms with Gasteiger partial charge in [-0.05, 0) is 48.2 Å². The highest BCUT2D eigenvalue weighted by Gasteiger charge is 2.25. The smallest absolute Gasteiger partial charge is 0.339 e. The Hall–Kier alpha value is -2.97. The van der Waals surface area contributed by atoms with Crippen molar-refractivity contribution in [3.63, 3.8) is 0 Å². The molecule has 3 heterocycles. The van der Waals surface area contributed by atoms with Gasteiger partial charge >= 0.3 is 5.69 Å². The van der Waals surface area contributed by atoms with Gasteiger partial charge in [0, 0.05) is 33.1 Å². The summed E-state index contributed by atoms with van der Waals surface area (Å²) < 4.78 is 4.98. The van der Waals surface area contributed by atoms with E-state index in [1.807, 2.05) is 37.3 Å². The monoisotopic (exact) mass is 368 g/mol. The lowest BCUT2D eigenvalue weighted by atomic mass is 9.93. The number of rotatable bonds is 5. The number of hydrogen-bond donors (Lipinski definition) is 0. The summed E-state index contributed by atoms with van der Waals surface area (Å²) in [6.45, 7) is 4.42. The average molecular weight is 368 g/mol. The first-order valence-corrected chi connectivity index (χ1v) is 9.38. The zero-order chi connectivity index (χ0) is 18.8. The first-order chi connectivity index (χ1) is 13.2. The molecule has 0 unspecified atom stereocenters. The van der Waals surface area contributed by atoms with Crippen LogP contribution in [-0.4, -0.2) is 47.6 Å². The van der Waals surface area contributed by atoms with Crippen molar-refractivity contribution in [1.82, 2.24) is 34.6 Å². The minimum absolute atomic E-state index is 0.0352. The molecule has 0 amide bonds. The van der Waals surface area contributed by atoms with Crippen LogP contribution in [0.15, 0.2) is 35.1 Å². The van der Waals surface area contributed by atoms with Crippen LogP contribution in [-0.2, 0) is 20.0 Å².